The van der Waals surface area contributed by atoms with E-state index in [1.807, 2.05) is 58.1 Å². The minimum absolute atomic E-state index is 0.253. The van der Waals surface area contributed by atoms with Gasteiger partial charge in [-0.2, -0.15) is 9.97 Å². The van der Waals surface area contributed by atoms with E-state index in [0.717, 1.165) is 42.8 Å². The summed E-state index contributed by atoms with van der Waals surface area (Å²) in [6.45, 7) is 2.87. The number of para-hydroxylation sites is 1. The summed E-state index contributed by atoms with van der Waals surface area (Å²) >= 11 is 0. The Bertz CT molecular complexity index is 1230. The number of nitrogens with one attached hydrogen (secondary N) is 2. The van der Waals surface area contributed by atoms with E-state index < -0.39 is 0 Å². The Hall–Kier alpha value is -4.01. The van der Waals surface area contributed by atoms with Crippen LogP contribution in [-0.4, -0.2) is 54.9 Å². The normalized spacial score (nSPS) is 13.6. The fourth-order valence-electron chi connectivity index (χ4n) is 3.98. The van der Waals surface area contributed by atoms with Gasteiger partial charge in [0.15, 0.2) is 17.0 Å². The number of hydrogen-bond donors (Lipinski definition) is 2. The number of carbonyl (C=O) groups is 1. The first-order valence-electron chi connectivity index (χ1n) is 11.2. The lowest BCUT2D eigenvalue weighted by Gasteiger charge is -2.15. The average Bonchev–Trinajstić information content (AvgIpc) is 3.47. The van der Waals surface area contributed by atoms with Crippen LogP contribution in [-0.2, 0) is 11.3 Å². The van der Waals surface area contributed by atoms with E-state index in [1.165, 1.54) is 0 Å². The predicted octanol–water partition coefficient (Wildman–Crippen LogP) is 3.25. The molecule has 1 aromatic carbocycles. The largest absolute Gasteiger partial charge is 0.368 e. The summed E-state index contributed by atoms with van der Waals surface area (Å²) in [4.78, 5) is 32.0. The van der Waals surface area contributed by atoms with Crippen LogP contribution in [0.2, 0.25) is 0 Å². The number of amides is 1. The number of imidazole rings is 1. The number of likely N-dealkylation sites (tertiary alicyclic amines) is 1. The standard InChI is InChI=1S/C24H26N8O/c33-20-10-5-13-31(20)14-6-12-26-22-21-23(32(17-28-21)19-8-2-1-3-9-19)30-24(29-22)27-16-18-7-4-11-25-15-18/h1-4,7-9,11,15,17H,5-6,10,12-14,16H2,(H2,26,27,29,30). The molecular weight excluding hydrogens is 416 g/mol. The number of anilines is 2. The molecule has 3 aromatic heterocycles. The Labute approximate surface area is 191 Å². The lowest BCUT2D eigenvalue weighted by Crippen LogP contribution is -2.27. The average molecular weight is 443 g/mol. The van der Waals surface area contributed by atoms with E-state index >= 15 is 0 Å². The molecular formula is C24H26N8O. The summed E-state index contributed by atoms with van der Waals surface area (Å²) in [6, 6.07) is 13.9. The van der Waals surface area contributed by atoms with Crippen molar-refractivity contribution >= 4 is 28.8 Å². The molecule has 0 atom stereocenters. The summed E-state index contributed by atoms with van der Waals surface area (Å²) < 4.78 is 1.96. The quantitative estimate of drug-likeness (QED) is 0.384. The molecule has 1 fully saturated rings. The highest BCUT2D eigenvalue weighted by molar-refractivity contribution is 5.85. The van der Waals surface area contributed by atoms with E-state index in [4.69, 9.17) is 9.97 Å². The molecule has 1 amide bonds. The van der Waals surface area contributed by atoms with Gasteiger partial charge in [0.2, 0.25) is 11.9 Å². The summed E-state index contributed by atoms with van der Waals surface area (Å²) in [5.41, 5.74) is 3.46. The van der Waals surface area contributed by atoms with Gasteiger partial charge >= 0.3 is 0 Å². The smallest absolute Gasteiger partial charge is 0.227 e. The van der Waals surface area contributed by atoms with Crippen molar-refractivity contribution in [3.63, 3.8) is 0 Å². The molecule has 1 aliphatic heterocycles. The lowest BCUT2D eigenvalue weighted by atomic mass is 10.3. The number of nitrogens with zero attached hydrogens (tertiary/aromatic N) is 6. The van der Waals surface area contributed by atoms with Gasteiger partial charge in [-0.25, -0.2) is 4.98 Å². The van der Waals surface area contributed by atoms with Crippen molar-refractivity contribution < 1.29 is 4.79 Å². The number of pyridine rings is 1. The van der Waals surface area contributed by atoms with E-state index in [9.17, 15) is 4.79 Å². The van der Waals surface area contributed by atoms with Gasteiger partial charge in [-0.3, -0.25) is 14.3 Å². The Morgan fingerprint density at radius 3 is 2.73 bits per heavy atom. The fourth-order valence-corrected chi connectivity index (χ4v) is 3.98. The van der Waals surface area contributed by atoms with Crippen molar-refractivity contribution in [3.05, 3.63) is 66.7 Å². The molecule has 1 saturated heterocycles. The van der Waals surface area contributed by atoms with Crippen LogP contribution >= 0.6 is 0 Å². The van der Waals surface area contributed by atoms with Gasteiger partial charge in [0, 0.05) is 50.7 Å². The van der Waals surface area contributed by atoms with E-state index in [0.29, 0.717) is 36.8 Å². The fraction of sp³-hybridized carbons (Fsp3) is 0.292. The van der Waals surface area contributed by atoms with E-state index in [2.05, 4.69) is 20.6 Å². The van der Waals surface area contributed by atoms with Crippen LogP contribution in [0.15, 0.2) is 61.2 Å². The summed E-state index contributed by atoms with van der Waals surface area (Å²) in [5, 5.41) is 6.72. The molecule has 0 radical (unpaired) electrons. The third-order valence-corrected chi connectivity index (χ3v) is 5.67. The molecule has 9 nitrogen and oxygen atoms in total. The minimum atomic E-state index is 0.253. The number of hydrogen-bond acceptors (Lipinski definition) is 7. The zero-order valence-corrected chi connectivity index (χ0v) is 18.3. The van der Waals surface area contributed by atoms with Gasteiger partial charge in [-0.15, -0.1) is 0 Å². The molecule has 0 unspecified atom stereocenters. The molecule has 0 spiro atoms. The Morgan fingerprint density at radius 1 is 1.03 bits per heavy atom. The van der Waals surface area contributed by atoms with Gasteiger partial charge in [-0.1, -0.05) is 24.3 Å². The number of aromatic nitrogens is 5. The van der Waals surface area contributed by atoms with Gasteiger partial charge in [0.1, 0.15) is 6.33 Å². The topological polar surface area (TPSA) is 101 Å². The third-order valence-electron chi connectivity index (χ3n) is 5.67. The van der Waals surface area contributed by atoms with Crippen molar-refractivity contribution in [1.29, 1.82) is 0 Å². The van der Waals surface area contributed by atoms with Crippen LogP contribution in [0.25, 0.3) is 16.9 Å². The Balaban J connectivity index is 1.38. The molecule has 0 bridgehead atoms. The maximum Gasteiger partial charge on any atom is 0.227 e. The third kappa shape index (κ3) is 4.77. The van der Waals surface area contributed by atoms with Crippen molar-refractivity contribution in [2.45, 2.75) is 25.8 Å². The highest BCUT2D eigenvalue weighted by Crippen LogP contribution is 2.24. The molecule has 2 N–H and O–H groups in total. The zero-order valence-electron chi connectivity index (χ0n) is 18.3. The van der Waals surface area contributed by atoms with Crippen LogP contribution in [0.1, 0.15) is 24.8 Å². The van der Waals surface area contributed by atoms with Gasteiger partial charge < -0.3 is 15.5 Å². The van der Waals surface area contributed by atoms with Gasteiger partial charge in [-0.05, 0) is 36.6 Å². The highest BCUT2D eigenvalue weighted by atomic mass is 16.2. The van der Waals surface area contributed by atoms with Crippen LogP contribution in [0.3, 0.4) is 0 Å². The number of rotatable bonds is 9. The van der Waals surface area contributed by atoms with Crippen molar-refractivity contribution in [2.24, 2.45) is 0 Å². The monoisotopic (exact) mass is 442 g/mol. The van der Waals surface area contributed by atoms with Crippen molar-refractivity contribution in [3.8, 4) is 5.69 Å². The first-order valence-corrected chi connectivity index (χ1v) is 11.2. The first kappa shape index (κ1) is 20.9. The number of benzene rings is 1. The molecule has 33 heavy (non-hydrogen) atoms. The van der Waals surface area contributed by atoms with Crippen LogP contribution in [0.4, 0.5) is 11.8 Å². The molecule has 5 rings (SSSR count). The molecule has 4 aromatic rings. The zero-order chi connectivity index (χ0) is 22.5. The van der Waals surface area contributed by atoms with Crippen molar-refractivity contribution in [2.75, 3.05) is 30.3 Å². The second-order valence-corrected chi connectivity index (χ2v) is 8.00. The Kier molecular flexibility index (Phi) is 6.10. The minimum Gasteiger partial charge on any atom is -0.368 e. The maximum atomic E-state index is 11.8. The van der Waals surface area contributed by atoms with Gasteiger partial charge in [0.05, 0.1) is 0 Å². The van der Waals surface area contributed by atoms with E-state index in [1.54, 1.807) is 12.5 Å². The molecule has 4 heterocycles. The SMILES string of the molecule is O=C1CCCN1CCCNc1nc(NCc2cccnc2)nc2c1ncn2-c1ccccc1. The molecule has 0 aliphatic carbocycles. The molecule has 9 heteroatoms. The Morgan fingerprint density at radius 2 is 1.94 bits per heavy atom. The summed E-state index contributed by atoms with van der Waals surface area (Å²) in [5.74, 6) is 1.44. The van der Waals surface area contributed by atoms with Crippen molar-refractivity contribution in [1.82, 2.24) is 29.4 Å². The highest BCUT2D eigenvalue weighted by Gasteiger charge is 2.19. The molecule has 0 saturated carbocycles. The first-order chi connectivity index (χ1) is 16.3. The molecule has 168 valence electrons. The van der Waals surface area contributed by atoms with E-state index in [-0.39, 0.29) is 5.91 Å². The van der Waals surface area contributed by atoms with Gasteiger partial charge in [0.25, 0.3) is 0 Å². The lowest BCUT2D eigenvalue weighted by molar-refractivity contribution is -0.127. The predicted molar refractivity (Wildman–Crippen MR) is 127 cm³/mol. The summed E-state index contributed by atoms with van der Waals surface area (Å²) in [6.07, 6.45) is 7.81. The van der Waals surface area contributed by atoms with Crippen LogP contribution in [0, 0.1) is 0 Å². The van der Waals surface area contributed by atoms with Crippen LogP contribution in [0.5, 0.6) is 0 Å². The molecule has 1 aliphatic rings. The second kappa shape index (κ2) is 9.64. The second-order valence-electron chi connectivity index (χ2n) is 8.00. The maximum absolute atomic E-state index is 11.8. The summed E-state index contributed by atoms with van der Waals surface area (Å²) in [7, 11) is 0. The number of carbonyl (C=O) groups excluding carboxylic acids is 1. The van der Waals surface area contributed by atoms with Crippen LogP contribution < -0.4 is 10.6 Å². The number of fused-ring (bicyclic) bond motifs is 1.